The van der Waals surface area contributed by atoms with Gasteiger partial charge in [0.15, 0.2) is 0 Å². The van der Waals surface area contributed by atoms with Crippen LogP contribution in [0.25, 0.3) is 0 Å². The molecule has 0 radical (unpaired) electrons. The number of hydrogen-bond acceptors (Lipinski definition) is 4. The first kappa shape index (κ1) is 20.8. The largest absolute Gasteiger partial charge is 0.480 e. The molecule has 114 valence electrons. The minimum atomic E-state index is -0.915. The van der Waals surface area contributed by atoms with E-state index in [4.69, 9.17) is 16.6 Å². The average molecular weight is 314 g/mol. The van der Waals surface area contributed by atoms with Gasteiger partial charge in [0, 0.05) is 6.42 Å². The highest BCUT2D eigenvalue weighted by Gasteiger charge is 2.13. The van der Waals surface area contributed by atoms with Gasteiger partial charge in [-0.3, -0.25) is 9.79 Å². The van der Waals surface area contributed by atoms with Gasteiger partial charge >= 0.3 is 5.97 Å². The number of nitrogens with two attached hydrogens (primary N) is 2. The van der Waals surface area contributed by atoms with Crippen LogP contribution in [0.3, 0.4) is 0 Å². The van der Waals surface area contributed by atoms with Crippen LogP contribution in [0.2, 0.25) is 0 Å². The van der Waals surface area contributed by atoms with E-state index in [0.29, 0.717) is 12.5 Å². The van der Waals surface area contributed by atoms with E-state index in [1.165, 1.54) is 6.42 Å². The first-order valence-corrected chi connectivity index (χ1v) is 6.40. The van der Waals surface area contributed by atoms with Gasteiger partial charge in [-0.25, -0.2) is 0 Å². The van der Waals surface area contributed by atoms with Crippen LogP contribution >= 0.6 is 24.8 Å². The van der Waals surface area contributed by atoms with Gasteiger partial charge in [-0.2, -0.15) is 0 Å². The van der Waals surface area contributed by atoms with E-state index in [1.807, 2.05) is 0 Å². The lowest BCUT2D eigenvalue weighted by atomic mass is 10.0. The van der Waals surface area contributed by atoms with Crippen LogP contribution in [0.5, 0.6) is 0 Å². The quantitative estimate of drug-likeness (QED) is 0.653. The fraction of sp³-hybridized carbons (Fsp3) is 0.833. The molecule has 0 fully saturated rings. The number of amidine groups is 1. The zero-order valence-corrected chi connectivity index (χ0v) is 12.7. The number of aliphatic carboxylic acids is 1. The van der Waals surface area contributed by atoms with Crippen molar-refractivity contribution in [1.29, 1.82) is 0 Å². The topological polar surface area (TPSA) is 102 Å². The van der Waals surface area contributed by atoms with Crippen LogP contribution in [-0.4, -0.2) is 29.0 Å². The molecule has 0 aromatic heterocycles. The third-order valence-electron chi connectivity index (χ3n) is 3.19. The van der Waals surface area contributed by atoms with Gasteiger partial charge in [-0.05, 0) is 25.7 Å². The van der Waals surface area contributed by atoms with Gasteiger partial charge in [-0.1, -0.05) is 19.3 Å². The van der Waals surface area contributed by atoms with Crippen LogP contribution in [0.15, 0.2) is 4.99 Å². The Morgan fingerprint density at radius 2 is 2.05 bits per heavy atom. The van der Waals surface area contributed by atoms with Crippen LogP contribution in [-0.2, 0) is 4.79 Å². The van der Waals surface area contributed by atoms with E-state index in [2.05, 4.69) is 4.99 Å². The zero-order valence-electron chi connectivity index (χ0n) is 11.1. The Morgan fingerprint density at radius 1 is 1.37 bits per heavy atom. The van der Waals surface area contributed by atoms with E-state index >= 15 is 0 Å². The number of nitrogens with zero attached hydrogens (tertiary/aromatic N) is 1. The van der Waals surface area contributed by atoms with Crippen LogP contribution in [0.1, 0.15) is 51.4 Å². The van der Waals surface area contributed by atoms with Crippen molar-refractivity contribution in [2.75, 3.05) is 0 Å². The summed E-state index contributed by atoms with van der Waals surface area (Å²) in [5.41, 5.74) is 11.2. The summed E-state index contributed by atoms with van der Waals surface area (Å²) in [7, 11) is 0. The molecular formula is C12H25Cl2N3O2. The summed E-state index contributed by atoms with van der Waals surface area (Å²) in [5, 5.41) is 8.64. The van der Waals surface area contributed by atoms with E-state index in [0.717, 1.165) is 44.4 Å². The summed E-state index contributed by atoms with van der Waals surface area (Å²) in [6, 6.07) is -0.392. The second kappa shape index (κ2) is 11.3. The average Bonchev–Trinajstić information content (AvgIpc) is 2.48. The number of carboxylic acid groups (broad SMARTS) is 1. The lowest BCUT2D eigenvalue weighted by molar-refractivity contribution is -0.138. The highest BCUT2D eigenvalue weighted by molar-refractivity contribution is 5.85. The van der Waals surface area contributed by atoms with E-state index in [9.17, 15) is 4.79 Å². The molecule has 0 bridgehead atoms. The molecule has 0 unspecified atom stereocenters. The second-order valence-corrected chi connectivity index (χ2v) is 4.75. The molecule has 5 nitrogen and oxygen atoms in total. The van der Waals surface area contributed by atoms with Crippen molar-refractivity contribution in [3.8, 4) is 0 Å². The number of aliphatic imine (C=N–C) groups is 1. The van der Waals surface area contributed by atoms with Gasteiger partial charge in [0.25, 0.3) is 0 Å². The molecule has 0 aromatic rings. The molecule has 1 heterocycles. The predicted octanol–water partition coefficient (Wildman–Crippen LogP) is 2.10. The lowest BCUT2D eigenvalue weighted by Crippen LogP contribution is -2.29. The first-order chi connectivity index (χ1) is 8.09. The van der Waals surface area contributed by atoms with Crippen molar-refractivity contribution in [2.24, 2.45) is 16.5 Å². The summed E-state index contributed by atoms with van der Waals surface area (Å²) < 4.78 is 0. The molecular weight excluding hydrogens is 289 g/mol. The molecule has 1 aliphatic heterocycles. The molecule has 0 amide bonds. The minimum Gasteiger partial charge on any atom is -0.480 e. The molecule has 0 saturated heterocycles. The third-order valence-corrected chi connectivity index (χ3v) is 3.19. The Balaban J connectivity index is 0. The summed E-state index contributed by atoms with van der Waals surface area (Å²) in [6.07, 6.45) is 7.70. The van der Waals surface area contributed by atoms with Gasteiger partial charge in [-0.15, -0.1) is 24.8 Å². The van der Waals surface area contributed by atoms with Crippen LogP contribution < -0.4 is 11.5 Å². The molecule has 0 aliphatic carbocycles. The maximum absolute atomic E-state index is 10.5. The van der Waals surface area contributed by atoms with Gasteiger partial charge in [0.05, 0.1) is 11.9 Å². The van der Waals surface area contributed by atoms with Crippen LogP contribution in [0.4, 0.5) is 0 Å². The van der Waals surface area contributed by atoms with Crippen molar-refractivity contribution in [3.63, 3.8) is 0 Å². The van der Waals surface area contributed by atoms with Gasteiger partial charge in [0.2, 0.25) is 0 Å². The summed E-state index contributed by atoms with van der Waals surface area (Å²) >= 11 is 0. The van der Waals surface area contributed by atoms with Crippen molar-refractivity contribution < 1.29 is 9.90 Å². The Hall–Kier alpha value is -0.520. The monoisotopic (exact) mass is 313 g/mol. The smallest absolute Gasteiger partial charge is 0.320 e. The molecule has 7 heteroatoms. The lowest BCUT2D eigenvalue weighted by Gasteiger charge is -2.11. The molecule has 0 aromatic carbocycles. The third kappa shape index (κ3) is 9.08. The second-order valence-electron chi connectivity index (χ2n) is 4.75. The van der Waals surface area contributed by atoms with E-state index < -0.39 is 12.0 Å². The molecule has 1 rings (SSSR count). The maximum atomic E-state index is 10.5. The normalized spacial score (nSPS) is 20.3. The van der Waals surface area contributed by atoms with Crippen molar-refractivity contribution in [2.45, 2.75) is 63.5 Å². The minimum absolute atomic E-state index is 0. The molecule has 19 heavy (non-hydrogen) atoms. The molecule has 2 atom stereocenters. The van der Waals surface area contributed by atoms with Crippen molar-refractivity contribution in [3.05, 3.63) is 0 Å². The fourth-order valence-electron chi connectivity index (χ4n) is 2.13. The van der Waals surface area contributed by atoms with Crippen LogP contribution in [0, 0.1) is 0 Å². The van der Waals surface area contributed by atoms with E-state index in [1.54, 1.807) is 0 Å². The summed E-state index contributed by atoms with van der Waals surface area (Å²) in [5.74, 6) is -0.142. The molecule has 0 spiro atoms. The van der Waals surface area contributed by atoms with Crippen molar-refractivity contribution >= 4 is 36.6 Å². The summed E-state index contributed by atoms with van der Waals surface area (Å²) in [4.78, 5) is 15.0. The molecule has 5 N–H and O–H groups in total. The number of unbranched alkanes of at least 4 members (excludes halogenated alkanes) is 1. The maximum Gasteiger partial charge on any atom is 0.320 e. The van der Waals surface area contributed by atoms with Crippen molar-refractivity contribution in [1.82, 2.24) is 0 Å². The Kier molecular flexibility index (Phi) is 12.4. The highest BCUT2D eigenvalue weighted by Crippen LogP contribution is 2.17. The number of hydrogen-bond donors (Lipinski definition) is 3. The van der Waals surface area contributed by atoms with Gasteiger partial charge in [0.1, 0.15) is 6.04 Å². The Labute approximate surface area is 127 Å². The SMILES string of the molecule is Cl.Cl.NC1=N[C@H](CCCC[C@H](N)C(=O)O)CCCC1. The predicted molar refractivity (Wildman–Crippen MR) is 82.5 cm³/mol. The number of rotatable bonds is 6. The first-order valence-electron chi connectivity index (χ1n) is 6.40. The Bertz CT molecular complexity index is 288. The van der Waals surface area contributed by atoms with E-state index in [-0.39, 0.29) is 24.8 Å². The standard InChI is InChI=1S/C12H23N3O2.2ClH/c13-10(12(16)17)7-3-1-5-9-6-2-4-8-11(14)15-9;;/h9-10H,1-8,13H2,(H2,14,15)(H,16,17);2*1H/t9-,10+;;/m1../s1. The fourth-order valence-corrected chi connectivity index (χ4v) is 2.13. The molecule has 1 aliphatic rings. The van der Waals surface area contributed by atoms with Gasteiger partial charge < -0.3 is 16.6 Å². The number of halogens is 2. The number of carbonyl (C=O) groups is 1. The molecule has 0 saturated carbocycles. The Morgan fingerprint density at radius 3 is 2.68 bits per heavy atom. The number of carboxylic acids is 1. The summed E-state index contributed by atoms with van der Waals surface area (Å²) in [6.45, 7) is 0. The highest BCUT2D eigenvalue weighted by atomic mass is 35.5. The zero-order chi connectivity index (χ0) is 12.7.